The molecular formula is C13H21N. The fourth-order valence-corrected chi connectivity index (χ4v) is 1.76. The Morgan fingerprint density at radius 3 is 2.43 bits per heavy atom. The third-order valence-corrected chi connectivity index (χ3v) is 2.62. The quantitative estimate of drug-likeness (QED) is 0.682. The van der Waals surface area contributed by atoms with Crippen LogP contribution in [-0.2, 0) is 12.8 Å². The molecule has 0 aliphatic rings. The highest BCUT2D eigenvalue weighted by molar-refractivity contribution is 5.26. The van der Waals surface area contributed by atoms with E-state index >= 15 is 0 Å². The van der Waals surface area contributed by atoms with E-state index in [4.69, 9.17) is 0 Å². The van der Waals surface area contributed by atoms with Gasteiger partial charge in [0.25, 0.3) is 0 Å². The van der Waals surface area contributed by atoms with E-state index in [0.717, 1.165) is 13.0 Å². The standard InChI is InChI=1S/C13H21N/c1-3-12-8-4-5-9-13(12)10-6-7-11-14-2/h4-5,8-9,14H,3,6-7,10-11H2,1-2H3. The van der Waals surface area contributed by atoms with Crippen molar-refractivity contribution in [2.75, 3.05) is 13.6 Å². The topological polar surface area (TPSA) is 12.0 Å². The van der Waals surface area contributed by atoms with Gasteiger partial charge < -0.3 is 5.32 Å². The predicted octanol–water partition coefficient (Wildman–Crippen LogP) is 2.79. The minimum absolute atomic E-state index is 1.13. The van der Waals surface area contributed by atoms with E-state index in [-0.39, 0.29) is 0 Å². The summed E-state index contributed by atoms with van der Waals surface area (Å²) in [6, 6.07) is 8.79. The van der Waals surface area contributed by atoms with Crippen molar-refractivity contribution in [3.05, 3.63) is 35.4 Å². The molecule has 0 saturated carbocycles. The third-order valence-electron chi connectivity index (χ3n) is 2.62. The number of benzene rings is 1. The Morgan fingerprint density at radius 2 is 1.79 bits per heavy atom. The minimum Gasteiger partial charge on any atom is -0.320 e. The summed E-state index contributed by atoms with van der Waals surface area (Å²) in [5.41, 5.74) is 3.04. The van der Waals surface area contributed by atoms with Gasteiger partial charge in [0.05, 0.1) is 0 Å². The van der Waals surface area contributed by atoms with Gasteiger partial charge in [-0.25, -0.2) is 0 Å². The van der Waals surface area contributed by atoms with E-state index in [1.54, 1.807) is 0 Å². The van der Waals surface area contributed by atoms with Gasteiger partial charge in [0.1, 0.15) is 0 Å². The molecule has 0 spiro atoms. The Morgan fingerprint density at radius 1 is 1.07 bits per heavy atom. The van der Waals surface area contributed by atoms with E-state index in [1.807, 2.05) is 7.05 Å². The average molecular weight is 191 g/mol. The summed E-state index contributed by atoms with van der Waals surface area (Å²) >= 11 is 0. The zero-order valence-corrected chi connectivity index (χ0v) is 9.34. The van der Waals surface area contributed by atoms with Crippen molar-refractivity contribution in [2.45, 2.75) is 32.6 Å². The van der Waals surface area contributed by atoms with Gasteiger partial charge in [-0.2, -0.15) is 0 Å². The lowest BCUT2D eigenvalue weighted by atomic mass is 10.0. The van der Waals surface area contributed by atoms with Gasteiger partial charge in [-0.05, 0) is 50.4 Å². The highest BCUT2D eigenvalue weighted by Crippen LogP contribution is 2.12. The van der Waals surface area contributed by atoms with Crippen LogP contribution in [0.3, 0.4) is 0 Å². The van der Waals surface area contributed by atoms with E-state index < -0.39 is 0 Å². The molecule has 0 heterocycles. The van der Waals surface area contributed by atoms with Crippen LogP contribution in [0.1, 0.15) is 30.9 Å². The van der Waals surface area contributed by atoms with Gasteiger partial charge in [0.15, 0.2) is 0 Å². The van der Waals surface area contributed by atoms with Crippen molar-refractivity contribution in [2.24, 2.45) is 0 Å². The molecule has 0 fully saturated rings. The van der Waals surface area contributed by atoms with Gasteiger partial charge >= 0.3 is 0 Å². The first-order valence-corrected chi connectivity index (χ1v) is 5.60. The van der Waals surface area contributed by atoms with Crippen LogP contribution >= 0.6 is 0 Å². The highest BCUT2D eigenvalue weighted by atomic mass is 14.8. The Hall–Kier alpha value is -0.820. The van der Waals surface area contributed by atoms with Crippen LogP contribution in [0, 0.1) is 0 Å². The summed E-state index contributed by atoms with van der Waals surface area (Å²) in [4.78, 5) is 0. The maximum Gasteiger partial charge on any atom is -0.00518 e. The van der Waals surface area contributed by atoms with Gasteiger partial charge in [-0.3, -0.25) is 0 Å². The first-order valence-electron chi connectivity index (χ1n) is 5.60. The lowest BCUT2D eigenvalue weighted by Gasteiger charge is -2.06. The molecule has 0 radical (unpaired) electrons. The van der Waals surface area contributed by atoms with Crippen LogP contribution in [0.4, 0.5) is 0 Å². The smallest absolute Gasteiger partial charge is 0.00518 e. The second-order valence-corrected chi connectivity index (χ2v) is 3.68. The van der Waals surface area contributed by atoms with Crippen LogP contribution in [0.5, 0.6) is 0 Å². The monoisotopic (exact) mass is 191 g/mol. The maximum absolute atomic E-state index is 3.18. The molecule has 0 aliphatic heterocycles. The first kappa shape index (κ1) is 11.3. The lowest BCUT2D eigenvalue weighted by Crippen LogP contribution is -2.07. The zero-order valence-electron chi connectivity index (χ0n) is 9.34. The molecule has 14 heavy (non-hydrogen) atoms. The van der Waals surface area contributed by atoms with Gasteiger partial charge in [-0.1, -0.05) is 31.2 Å². The summed E-state index contributed by atoms with van der Waals surface area (Å²) in [5.74, 6) is 0. The molecule has 1 heteroatoms. The zero-order chi connectivity index (χ0) is 10.2. The van der Waals surface area contributed by atoms with Crippen LogP contribution in [0.2, 0.25) is 0 Å². The van der Waals surface area contributed by atoms with Crippen LogP contribution in [0.25, 0.3) is 0 Å². The molecule has 1 aromatic rings. The minimum atomic E-state index is 1.13. The van der Waals surface area contributed by atoms with Gasteiger partial charge in [-0.15, -0.1) is 0 Å². The molecule has 1 nitrogen and oxygen atoms in total. The largest absolute Gasteiger partial charge is 0.320 e. The normalized spacial score (nSPS) is 10.4. The second kappa shape index (κ2) is 6.61. The summed E-state index contributed by atoms with van der Waals surface area (Å²) in [6.07, 6.45) is 4.94. The summed E-state index contributed by atoms with van der Waals surface area (Å²) in [5, 5.41) is 3.18. The summed E-state index contributed by atoms with van der Waals surface area (Å²) < 4.78 is 0. The number of aryl methyl sites for hydroxylation is 2. The van der Waals surface area contributed by atoms with Gasteiger partial charge in [0.2, 0.25) is 0 Å². The molecule has 1 rings (SSSR count). The van der Waals surface area contributed by atoms with Gasteiger partial charge in [0, 0.05) is 0 Å². The van der Waals surface area contributed by atoms with E-state index in [1.165, 1.54) is 30.4 Å². The predicted molar refractivity (Wildman–Crippen MR) is 62.7 cm³/mol. The molecule has 0 aromatic heterocycles. The molecule has 0 amide bonds. The Labute approximate surface area is 87.5 Å². The first-order chi connectivity index (χ1) is 6.88. The number of unbranched alkanes of at least 4 members (excludes halogenated alkanes) is 1. The van der Waals surface area contributed by atoms with Crippen molar-refractivity contribution < 1.29 is 0 Å². The van der Waals surface area contributed by atoms with Crippen molar-refractivity contribution in [1.82, 2.24) is 5.32 Å². The van der Waals surface area contributed by atoms with E-state index in [0.29, 0.717) is 0 Å². The molecule has 0 bridgehead atoms. The Bertz CT molecular complexity index is 255. The summed E-state index contributed by atoms with van der Waals surface area (Å²) in [6.45, 7) is 3.36. The second-order valence-electron chi connectivity index (χ2n) is 3.68. The maximum atomic E-state index is 3.18. The molecule has 0 unspecified atom stereocenters. The molecule has 0 atom stereocenters. The molecular weight excluding hydrogens is 170 g/mol. The van der Waals surface area contributed by atoms with Crippen LogP contribution < -0.4 is 5.32 Å². The average Bonchev–Trinajstić information content (AvgIpc) is 2.25. The van der Waals surface area contributed by atoms with Crippen LogP contribution in [0.15, 0.2) is 24.3 Å². The Kier molecular flexibility index (Phi) is 5.31. The lowest BCUT2D eigenvalue weighted by molar-refractivity contribution is 0.675. The Balaban J connectivity index is 2.41. The van der Waals surface area contributed by atoms with Crippen molar-refractivity contribution in [3.8, 4) is 0 Å². The highest BCUT2D eigenvalue weighted by Gasteiger charge is 1.98. The number of hydrogen-bond donors (Lipinski definition) is 1. The fraction of sp³-hybridized carbons (Fsp3) is 0.538. The fourth-order valence-electron chi connectivity index (χ4n) is 1.76. The number of nitrogens with one attached hydrogen (secondary N) is 1. The SMILES string of the molecule is CCc1ccccc1CCCCNC. The van der Waals surface area contributed by atoms with E-state index in [2.05, 4.69) is 36.5 Å². The van der Waals surface area contributed by atoms with E-state index in [9.17, 15) is 0 Å². The molecule has 1 N–H and O–H groups in total. The number of rotatable bonds is 6. The van der Waals surface area contributed by atoms with Crippen molar-refractivity contribution in [1.29, 1.82) is 0 Å². The number of hydrogen-bond acceptors (Lipinski definition) is 1. The third kappa shape index (κ3) is 3.51. The van der Waals surface area contributed by atoms with Crippen LogP contribution in [-0.4, -0.2) is 13.6 Å². The summed E-state index contributed by atoms with van der Waals surface area (Å²) in [7, 11) is 2.01. The molecule has 1 aromatic carbocycles. The molecule has 78 valence electrons. The van der Waals surface area contributed by atoms with Crippen molar-refractivity contribution in [3.63, 3.8) is 0 Å². The molecule has 0 aliphatic carbocycles. The van der Waals surface area contributed by atoms with Crippen molar-refractivity contribution >= 4 is 0 Å². The molecule has 0 saturated heterocycles.